The van der Waals surface area contributed by atoms with Crippen LogP contribution in [-0.4, -0.2) is 32.3 Å². The minimum atomic E-state index is -2.30. The summed E-state index contributed by atoms with van der Waals surface area (Å²) in [5, 5.41) is 2.54. The van der Waals surface area contributed by atoms with Crippen molar-refractivity contribution in [1.82, 2.24) is 5.09 Å². The third-order valence-corrected chi connectivity index (χ3v) is 3.49. The van der Waals surface area contributed by atoms with Gasteiger partial charge < -0.3 is 14.2 Å². The number of methoxy groups -OCH3 is 2. The maximum Gasteiger partial charge on any atom is 0.664 e. The fourth-order valence-corrected chi connectivity index (χ4v) is 2.27. The van der Waals surface area contributed by atoms with Gasteiger partial charge >= 0.3 is 14.1 Å². The van der Waals surface area contributed by atoms with E-state index in [2.05, 4.69) is 5.09 Å². The van der Waals surface area contributed by atoms with Crippen LogP contribution in [0.2, 0.25) is 0 Å². The third kappa shape index (κ3) is 5.87. The van der Waals surface area contributed by atoms with Crippen LogP contribution in [0.3, 0.4) is 0 Å². The summed E-state index contributed by atoms with van der Waals surface area (Å²) >= 11 is 0. The summed E-state index contributed by atoms with van der Waals surface area (Å²) in [6, 6.07) is 4.04. The Hall–Kier alpha value is -1.85. The number of carbonyl (C=O) groups excluding carboxylic acids is 1. The van der Waals surface area contributed by atoms with Gasteiger partial charge in [0.25, 0.3) is 0 Å². The Morgan fingerprint density at radius 2 is 1.55 bits per heavy atom. The summed E-state index contributed by atoms with van der Waals surface area (Å²) in [6.45, 7) is 5.03. The highest BCUT2D eigenvalue weighted by molar-refractivity contribution is 7.37. The van der Waals surface area contributed by atoms with Gasteiger partial charge in [0.05, 0.1) is 20.3 Å². The molecule has 0 saturated carbocycles. The van der Waals surface area contributed by atoms with Gasteiger partial charge in [-0.05, 0) is 20.8 Å². The number of nitrogens with one attached hydrogen (secondary N) is 1. The van der Waals surface area contributed by atoms with Crippen LogP contribution in [-0.2, 0) is 14.1 Å². The lowest BCUT2D eigenvalue weighted by Gasteiger charge is -2.10. The van der Waals surface area contributed by atoms with Crippen LogP contribution in [0, 0.1) is 0 Å². The van der Waals surface area contributed by atoms with Crippen LogP contribution in [0.1, 0.15) is 20.8 Å². The average Bonchev–Trinajstić information content (AvgIpc) is 2.45. The average molecular weight is 330 g/mol. The molecule has 2 atom stereocenters. The Morgan fingerprint density at radius 3 is 2.00 bits per heavy atom. The van der Waals surface area contributed by atoms with Crippen molar-refractivity contribution in [3.8, 4) is 17.2 Å². The molecular formula is C14H21NO6P+. The van der Waals surface area contributed by atoms with Gasteiger partial charge in [-0.1, -0.05) is 5.09 Å². The van der Waals surface area contributed by atoms with Crippen molar-refractivity contribution in [2.45, 2.75) is 32.9 Å². The van der Waals surface area contributed by atoms with Crippen LogP contribution < -0.4 is 19.1 Å². The van der Waals surface area contributed by atoms with E-state index in [1.165, 1.54) is 14.2 Å². The second kappa shape index (κ2) is 8.56. The zero-order valence-corrected chi connectivity index (χ0v) is 14.2. The second-order valence-electron chi connectivity index (χ2n) is 4.73. The lowest BCUT2D eigenvalue weighted by Crippen LogP contribution is -2.33. The molecule has 1 rings (SSSR count). The molecule has 1 unspecified atom stereocenters. The Balaban J connectivity index is 2.66. The van der Waals surface area contributed by atoms with Crippen molar-refractivity contribution in [2.75, 3.05) is 14.2 Å². The summed E-state index contributed by atoms with van der Waals surface area (Å²) < 4.78 is 32.4. The van der Waals surface area contributed by atoms with E-state index >= 15 is 0 Å². The van der Waals surface area contributed by atoms with Crippen molar-refractivity contribution >= 4 is 14.1 Å². The van der Waals surface area contributed by atoms with E-state index in [0.29, 0.717) is 17.2 Å². The minimum Gasteiger partial charge on any atom is -0.496 e. The number of ether oxygens (including phenoxy) is 3. The van der Waals surface area contributed by atoms with Gasteiger partial charge in [-0.15, -0.1) is 0 Å². The quantitative estimate of drug-likeness (QED) is 0.579. The number of benzene rings is 1. The first-order valence-electron chi connectivity index (χ1n) is 6.70. The largest absolute Gasteiger partial charge is 0.664 e. The van der Waals surface area contributed by atoms with Crippen LogP contribution in [0.5, 0.6) is 17.2 Å². The second-order valence-corrected chi connectivity index (χ2v) is 5.69. The SMILES string of the molecule is COc1cc(OC)cc(O[P+](=O)N[C@@H](C)C(=O)OC(C)C)c1. The fraction of sp³-hybridized carbons (Fsp3) is 0.500. The molecule has 0 saturated heterocycles. The van der Waals surface area contributed by atoms with E-state index in [1.54, 1.807) is 39.0 Å². The third-order valence-electron chi connectivity index (χ3n) is 2.52. The summed E-state index contributed by atoms with van der Waals surface area (Å²) in [4.78, 5) is 11.6. The summed E-state index contributed by atoms with van der Waals surface area (Å²) in [5.74, 6) is 0.814. The maximum atomic E-state index is 11.9. The summed E-state index contributed by atoms with van der Waals surface area (Å²) in [6.07, 6.45) is -0.238. The summed E-state index contributed by atoms with van der Waals surface area (Å²) in [5.41, 5.74) is 0. The fourth-order valence-electron chi connectivity index (χ4n) is 1.50. The highest BCUT2D eigenvalue weighted by Gasteiger charge is 2.29. The zero-order chi connectivity index (χ0) is 16.7. The molecule has 122 valence electrons. The topological polar surface area (TPSA) is 83.1 Å². The molecule has 0 aliphatic rings. The first-order chi connectivity index (χ1) is 10.3. The molecule has 0 spiro atoms. The van der Waals surface area contributed by atoms with Crippen molar-refractivity contribution in [3.05, 3.63) is 18.2 Å². The lowest BCUT2D eigenvalue weighted by molar-refractivity contribution is -0.148. The summed E-state index contributed by atoms with van der Waals surface area (Å²) in [7, 11) is 0.701. The highest BCUT2D eigenvalue weighted by Crippen LogP contribution is 2.32. The van der Waals surface area contributed by atoms with Crippen LogP contribution in [0.4, 0.5) is 0 Å². The number of rotatable bonds is 8. The lowest BCUT2D eigenvalue weighted by atomic mass is 10.3. The molecule has 0 heterocycles. The Bertz CT molecular complexity index is 512. The van der Waals surface area contributed by atoms with Gasteiger partial charge in [0.1, 0.15) is 17.5 Å². The zero-order valence-electron chi connectivity index (χ0n) is 13.3. The van der Waals surface area contributed by atoms with Crippen LogP contribution in [0.25, 0.3) is 0 Å². The van der Waals surface area contributed by atoms with Crippen LogP contribution >= 0.6 is 8.18 Å². The Labute approximate surface area is 130 Å². The predicted molar refractivity (Wildman–Crippen MR) is 81.6 cm³/mol. The molecule has 0 bridgehead atoms. The first-order valence-corrected chi connectivity index (χ1v) is 7.88. The maximum absolute atomic E-state index is 11.9. The molecule has 0 radical (unpaired) electrons. The number of carbonyl (C=O) groups is 1. The molecule has 22 heavy (non-hydrogen) atoms. The number of esters is 1. The predicted octanol–water partition coefficient (Wildman–Crippen LogP) is 2.67. The number of hydrogen-bond donors (Lipinski definition) is 1. The van der Waals surface area contributed by atoms with E-state index in [4.69, 9.17) is 18.7 Å². The molecule has 0 aliphatic heterocycles. The molecule has 0 aromatic heterocycles. The van der Waals surface area contributed by atoms with Crippen molar-refractivity contribution in [2.24, 2.45) is 0 Å². The smallest absolute Gasteiger partial charge is 0.496 e. The molecule has 0 fully saturated rings. The van der Waals surface area contributed by atoms with Crippen LogP contribution in [0.15, 0.2) is 18.2 Å². The van der Waals surface area contributed by atoms with Gasteiger partial charge in [-0.3, -0.25) is 4.79 Å². The van der Waals surface area contributed by atoms with E-state index in [9.17, 15) is 9.36 Å². The van der Waals surface area contributed by atoms with Crippen molar-refractivity contribution in [3.63, 3.8) is 0 Å². The molecule has 0 aliphatic carbocycles. The Kier molecular flexibility index (Phi) is 7.08. The van der Waals surface area contributed by atoms with E-state index < -0.39 is 20.2 Å². The molecule has 0 amide bonds. The van der Waals surface area contributed by atoms with E-state index in [1.807, 2.05) is 0 Å². The standard InChI is InChI=1S/C14H21NO6P/c1-9(2)20-14(16)10(3)15-22(17)21-13-7-11(18-4)6-12(8-13)19-5/h6-10H,1-5H3,(H,15,17)/q+1/t10-/m0/s1. The van der Waals surface area contributed by atoms with Crippen molar-refractivity contribution in [1.29, 1.82) is 0 Å². The monoisotopic (exact) mass is 330 g/mol. The molecule has 1 aromatic rings. The van der Waals surface area contributed by atoms with E-state index in [-0.39, 0.29) is 6.10 Å². The van der Waals surface area contributed by atoms with Gasteiger partial charge in [0.2, 0.25) is 0 Å². The number of hydrogen-bond acceptors (Lipinski definition) is 6. The molecule has 8 heteroatoms. The van der Waals surface area contributed by atoms with Gasteiger partial charge in [0.15, 0.2) is 5.75 Å². The van der Waals surface area contributed by atoms with Gasteiger partial charge in [-0.25, -0.2) is 4.52 Å². The normalized spacial score (nSPS) is 12.5. The van der Waals surface area contributed by atoms with Gasteiger partial charge in [-0.2, -0.15) is 0 Å². The van der Waals surface area contributed by atoms with Gasteiger partial charge in [0, 0.05) is 22.8 Å². The highest BCUT2D eigenvalue weighted by atomic mass is 31.1. The molecular weight excluding hydrogens is 309 g/mol. The Morgan fingerprint density at radius 1 is 1.05 bits per heavy atom. The molecule has 1 aromatic carbocycles. The first kappa shape index (κ1) is 18.2. The molecule has 1 N–H and O–H groups in total. The van der Waals surface area contributed by atoms with Crippen molar-refractivity contribution < 1.29 is 28.1 Å². The molecule has 7 nitrogen and oxygen atoms in total. The van der Waals surface area contributed by atoms with E-state index in [0.717, 1.165) is 0 Å². The minimum absolute atomic E-state index is 0.238.